The van der Waals surface area contributed by atoms with Crippen LogP contribution in [-0.4, -0.2) is 11.7 Å². The second-order valence-corrected chi connectivity index (χ2v) is 5.33. The number of nitrogens with one attached hydrogen (secondary N) is 1. The average molecular weight is 326 g/mol. The highest BCUT2D eigenvalue weighted by atomic mass is 35.5. The summed E-state index contributed by atoms with van der Waals surface area (Å²) in [4.78, 5) is 0. The van der Waals surface area contributed by atoms with E-state index in [4.69, 9.17) is 27.9 Å². The Morgan fingerprint density at radius 2 is 1.90 bits per heavy atom. The molecule has 0 saturated carbocycles. The third-order valence-corrected chi connectivity index (χ3v) is 3.75. The quantitative estimate of drug-likeness (QED) is 0.821. The molecule has 0 heterocycles. The second kappa shape index (κ2) is 7.55. The number of hydrogen-bond acceptors (Lipinski definition) is 3. The minimum absolute atomic E-state index is 0.0579. The van der Waals surface area contributed by atoms with Crippen molar-refractivity contribution in [1.29, 1.82) is 0 Å². The van der Waals surface area contributed by atoms with Gasteiger partial charge in [0.05, 0.1) is 23.3 Å². The summed E-state index contributed by atoms with van der Waals surface area (Å²) in [6.07, 6.45) is 0. The van der Waals surface area contributed by atoms with Gasteiger partial charge in [0.25, 0.3) is 0 Å². The first kappa shape index (κ1) is 16.0. The first-order chi connectivity index (χ1) is 10.1. The highest BCUT2D eigenvalue weighted by Crippen LogP contribution is 2.25. The number of anilines is 1. The minimum atomic E-state index is -0.0579. The zero-order valence-electron chi connectivity index (χ0n) is 11.7. The zero-order valence-corrected chi connectivity index (χ0v) is 13.2. The molecule has 0 spiro atoms. The van der Waals surface area contributed by atoms with E-state index in [0.717, 1.165) is 16.8 Å². The van der Waals surface area contributed by atoms with Gasteiger partial charge in [0.15, 0.2) is 0 Å². The Hall–Kier alpha value is -1.42. The van der Waals surface area contributed by atoms with E-state index in [1.807, 2.05) is 37.3 Å². The van der Waals surface area contributed by atoms with Gasteiger partial charge in [-0.15, -0.1) is 0 Å². The van der Waals surface area contributed by atoms with E-state index in [-0.39, 0.29) is 6.61 Å². The lowest BCUT2D eigenvalue weighted by atomic mass is 10.1. The third kappa shape index (κ3) is 4.27. The molecule has 0 atom stereocenters. The van der Waals surface area contributed by atoms with Crippen LogP contribution >= 0.6 is 23.2 Å². The van der Waals surface area contributed by atoms with Crippen molar-refractivity contribution in [2.75, 3.05) is 11.9 Å². The SMILES string of the molecule is CCOc1ccc(NCc2ccc(Cl)c(Cl)c2)cc1CO. The summed E-state index contributed by atoms with van der Waals surface area (Å²) in [6.45, 7) is 3.05. The van der Waals surface area contributed by atoms with Crippen molar-refractivity contribution in [3.05, 3.63) is 57.6 Å². The Balaban J connectivity index is 2.07. The number of benzene rings is 2. The van der Waals surface area contributed by atoms with Crippen molar-refractivity contribution in [3.8, 4) is 5.75 Å². The molecule has 0 radical (unpaired) electrons. The summed E-state index contributed by atoms with van der Waals surface area (Å²) in [5, 5.41) is 13.8. The summed E-state index contributed by atoms with van der Waals surface area (Å²) in [6, 6.07) is 11.2. The van der Waals surface area contributed by atoms with E-state index < -0.39 is 0 Å². The summed E-state index contributed by atoms with van der Waals surface area (Å²) in [5.41, 5.74) is 2.70. The molecule has 2 aromatic carbocycles. The summed E-state index contributed by atoms with van der Waals surface area (Å²) < 4.78 is 5.45. The maximum absolute atomic E-state index is 9.38. The molecule has 0 bridgehead atoms. The molecule has 0 saturated heterocycles. The van der Waals surface area contributed by atoms with Crippen LogP contribution in [0.2, 0.25) is 10.0 Å². The van der Waals surface area contributed by atoms with Gasteiger partial charge < -0.3 is 15.2 Å². The molecule has 0 aliphatic carbocycles. The van der Waals surface area contributed by atoms with Crippen LogP contribution in [0.25, 0.3) is 0 Å². The molecule has 0 unspecified atom stereocenters. The van der Waals surface area contributed by atoms with E-state index >= 15 is 0 Å². The topological polar surface area (TPSA) is 41.5 Å². The van der Waals surface area contributed by atoms with Crippen molar-refractivity contribution >= 4 is 28.9 Å². The smallest absolute Gasteiger partial charge is 0.124 e. The molecule has 112 valence electrons. The Kier molecular flexibility index (Phi) is 5.74. The largest absolute Gasteiger partial charge is 0.494 e. The van der Waals surface area contributed by atoms with Gasteiger partial charge in [-0.05, 0) is 42.8 Å². The first-order valence-corrected chi connectivity index (χ1v) is 7.44. The van der Waals surface area contributed by atoms with Crippen molar-refractivity contribution in [1.82, 2.24) is 0 Å². The number of ether oxygens (including phenoxy) is 1. The highest BCUT2D eigenvalue weighted by molar-refractivity contribution is 6.42. The molecule has 0 aromatic heterocycles. The van der Waals surface area contributed by atoms with E-state index in [1.54, 1.807) is 6.07 Å². The Bertz CT molecular complexity index is 617. The fourth-order valence-electron chi connectivity index (χ4n) is 1.96. The molecule has 2 N–H and O–H groups in total. The van der Waals surface area contributed by atoms with Gasteiger partial charge in [-0.3, -0.25) is 0 Å². The van der Waals surface area contributed by atoms with Crippen LogP contribution in [0.1, 0.15) is 18.1 Å². The van der Waals surface area contributed by atoms with Crippen LogP contribution < -0.4 is 10.1 Å². The maximum Gasteiger partial charge on any atom is 0.124 e. The zero-order chi connectivity index (χ0) is 15.2. The molecular weight excluding hydrogens is 309 g/mol. The molecular formula is C16H17Cl2NO2. The van der Waals surface area contributed by atoms with Gasteiger partial charge in [-0.2, -0.15) is 0 Å². The average Bonchev–Trinajstić information content (AvgIpc) is 2.49. The lowest BCUT2D eigenvalue weighted by Gasteiger charge is -2.12. The Morgan fingerprint density at radius 1 is 1.10 bits per heavy atom. The predicted molar refractivity (Wildman–Crippen MR) is 87.3 cm³/mol. The van der Waals surface area contributed by atoms with Crippen LogP contribution in [0.15, 0.2) is 36.4 Å². The lowest BCUT2D eigenvalue weighted by Crippen LogP contribution is -2.02. The van der Waals surface area contributed by atoms with Gasteiger partial charge in [0.2, 0.25) is 0 Å². The Morgan fingerprint density at radius 3 is 2.57 bits per heavy atom. The molecule has 0 aliphatic heterocycles. The monoisotopic (exact) mass is 325 g/mol. The number of aliphatic hydroxyl groups is 1. The third-order valence-electron chi connectivity index (χ3n) is 3.01. The molecule has 0 fully saturated rings. The fraction of sp³-hybridized carbons (Fsp3) is 0.250. The second-order valence-electron chi connectivity index (χ2n) is 4.52. The Labute approximate surface area is 134 Å². The van der Waals surface area contributed by atoms with Gasteiger partial charge in [-0.25, -0.2) is 0 Å². The first-order valence-electron chi connectivity index (χ1n) is 6.68. The molecule has 0 aliphatic rings. The van der Waals surface area contributed by atoms with Gasteiger partial charge >= 0.3 is 0 Å². The van der Waals surface area contributed by atoms with Crippen LogP contribution in [0, 0.1) is 0 Å². The van der Waals surface area contributed by atoms with Crippen LogP contribution in [0.4, 0.5) is 5.69 Å². The number of hydrogen-bond donors (Lipinski definition) is 2. The predicted octanol–water partition coefficient (Wildman–Crippen LogP) is 4.50. The van der Waals surface area contributed by atoms with E-state index in [9.17, 15) is 5.11 Å². The highest BCUT2D eigenvalue weighted by Gasteiger charge is 2.05. The maximum atomic E-state index is 9.38. The lowest BCUT2D eigenvalue weighted by molar-refractivity contribution is 0.267. The molecule has 3 nitrogen and oxygen atoms in total. The van der Waals surface area contributed by atoms with Gasteiger partial charge in [-0.1, -0.05) is 29.3 Å². The standard InChI is InChI=1S/C16H17Cl2NO2/c1-2-21-16-6-4-13(8-12(16)10-20)19-9-11-3-5-14(17)15(18)7-11/h3-8,19-20H,2,9-10H2,1H3. The number of rotatable bonds is 6. The van der Waals surface area contributed by atoms with Crippen LogP contribution in [0.3, 0.4) is 0 Å². The van der Waals surface area contributed by atoms with Crippen molar-refractivity contribution in [2.24, 2.45) is 0 Å². The molecule has 2 rings (SSSR count). The van der Waals surface area contributed by atoms with Crippen LogP contribution in [0.5, 0.6) is 5.75 Å². The van der Waals surface area contributed by atoms with Crippen molar-refractivity contribution in [3.63, 3.8) is 0 Å². The molecule has 21 heavy (non-hydrogen) atoms. The summed E-state index contributed by atoms with van der Waals surface area (Å²) >= 11 is 11.9. The molecule has 5 heteroatoms. The van der Waals surface area contributed by atoms with Crippen LogP contribution in [-0.2, 0) is 13.2 Å². The minimum Gasteiger partial charge on any atom is -0.494 e. The van der Waals surface area contributed by atoms with Crippen molar-refractivity contribution < 1.29 is 9.84 Å². The van der Waals surface area contributed by atoms with E-state index in [0.29, 0.717) is 28.9 Å². The summed E-state index contributed by atoms with van der Waals surface area (Å²) in [5.74, 6) is 0.708. The van der Waals surface area contributed by atoms with Gasteiger partial charge in [0.1, 0.15) is 5.75 Å². The number of halogens is 2. The molecule has 2 aromatic rings. The van der Waals surface area contributed by atoms with Gasteiger partial charge in [0, 0.05) is 17.8 Å². The normalized spacial score (nSPS) is 10.5. The van der Waals surface area contributed by atoms with Crippen molar-refractivity contribution in [2.45, 2.75) is 20.1 Å². The van der Waals surface area contributed by atoms with E-state index in [2.05, 4.69) is 5.32 Å². The van der Waals surface area contributed by atoms with E-state index in [1.165, 1.54) is 0 Å². The molecule has 0 amide bonds. The fourth-order valence-corrected chi connectivity index (χ4v) is 2.28. The summed E-state index contributed by atoms with van der Waals surface area (Å²) in [7, 11) is 0. The number of aliphatic hydroxyl groups excluding tert-OH is 1.